The average Bonchev–Trinajstić information content (AvgIpc) is 2.69. The first-order valence-electron chi connectivity index (χ1n) is 11.7. The molecule has 0 aliphatic heterocycles. The molecule has 0 aliphatic carbocycles. The molecule has 2 nitrogen and oxygen atoms in total. The Morgan fingerprint density at radius 2 is 1.26 bits per heavy atom. The van der Waals surface area contributed by atoms with Gasteiger partial charge < -0.3 is 9.59 Å². The number of nitrogens with zero attached hydrogens (tertiary/aromatic N) is 1. The van der Waals surface area contributed by atoms with Crippen LogP contribution in [0.2, 0.25) is 0 Å². The number of aliphatic hydroxyl groups excluding tert-OH is 1. The van der Waals surface area contributed by atoms with Gasteiger partial charge in [-0.3, -0.25) is 0 Å². The van der Waals surface area contributed by atoms with Crippen LogP contribution in [0.3, 0.4) is 0 Å². The average molecular weight is 377 g/mol. The fraction of sp³-hybridized carbons (Fsp3) is 0.760. The minimum absolute atomic E-state index is 0.164. The summed E-state index contributed by atoms with van der Waals surface area (Å²) in [7, 11) is 0. The second-order valence-corrected chi connectivity index (χ2v) is 8.42. The Labute approximate surface area is 169 Å². The largest absolute Gasteiger partial charge is 0.387 e. The summed E-state index contributed by atoms with van der Waals surface area (Å²) in [5, 5.41) is 10.6. The molecule has 0 aliphatic rings. The van der Waals surface area contributed by atoms with Crippen LogP contribution >= 0.6 is 0 Å². The van der Waals surface area contributed by atoms with Crippen molar-refractivity contribution < 1.29 is 9.59 Å². The molecule has 0 heterocycles. The van der Waals surface area contributed by atoms with E-state index in [4.69, 9.17) is 0 Å². The minimum atomic E-state index is -0.164. The van der Waals surface area contributed by atoms with Crippen LogP contribution in [-0.4, -0.2) is 35.3 Å². The van der Waals surface area contributed by atoms with Gasteiger partial charge in [0.25, 0.3) is 0 Å². The van der Waals surface area contributed by atoms with Gasteiger partial charge in [-0.05, 0) is 20.3 Å². The van der Waals surface area contributed by atoms with Crippen LogP contribution in [0.4, 0.5) is 0 Å². The van der Waals surface area contributed by atoms with Gasteiger partial charge >= 0.3 is 0 Å². The van der Waals surface area contributed by atoms with E-state index in [1.165, 1.54) is 69.8 Å². The minimum Gasteiger partial charge on any atom is -0.387 e. The molecule has 156 valence electrons. The number of hydrogen-bond donors (Lipinski definition) is 1. The molecule has 1 N–H and O–H groups in total. The number of unbranched alkanes of at least 4 members (excludes halogenated alkanes) is 9. The highest BCUT2D eigenvalue weighted by molar-refractivity contribution is 5.13. The summed E-state index contributed by atoms with van der Waals surface area (Å²) in [5.41, 5.74) is 1.38. The van der Waals surface area contributed by atoms with Gasteiger partial charge in [0.05, 0.1) is 13.1 Å². The number of quaternary nitrogens is 1. The van der Waals surface area contributed by atoms with Crippen molar-refractivity contribution in [3.63, 3.8) is 0 Å². The molecular weight excluding hydrogens is 330 g/mol. The van der Waals surface area contributed by atoms with Crippen LogP contribution in [0.1, 0.15) is 97.0 Å². The van der Waals surface area contributed by atoms with Gasteiger partial charge in [-0.25, -0.2) is 0 Å². The Kier molecular flexibility index (Phi) is 13.5. The molecule has 1 atom stereocenters. The fourth-order valence-electron chi connectivity index (χ4n) is 4.15. The SMILES string of the molecule is CCCCCCCCCCCCC(O)C[N+](CC)(CC)Cc1ccccc1. The summed E-state index contributed by atoms with van der Waals surface area (Å²) in [6.45, 7) is 10.9. The second kappa shape index (κ2) is 15.1. The van der Waals surface area contributed by atoms with Crippen molar-refractivity contribution in [2.45, 2.75) is 104 Å². The van der Waals surface area contributed by atoms with Crippen molar-refractivity contribution in [2.75, 3.05) is 19.6 Å². The third-order valence-corrected chi connectivity index (χ3v) is 6.19. The van der Waals surface area contributed by atoms with Crippen LogP contribution in [0, 0.1) is 0 Å². The zero-order valence-electron chi connectivity index (χ0n) is 18.5. The Bertz CT molecular complexity index is 441. The quantitative estimate of drug-likeness (QED) is 0.236. The van der Waals surface area contributed by atoms with Crippen molar-refractivity contribution >= 4 is 0 Å². The topological polar surface area (TPSA) is 20.2 Å². The molecule has 0 aromatic heterocycles. The highest BCUT2D eigenvalue weighted by Crippen LogP contribution is 2.18. The van der Waals surface area contributed by atoms with E-state index in [2.05, 4.69) is 51.1 Å². The van der Waals surface area contributed by atoms with Crippen LogP contribution in [0.5, 0.6) is 0 Å². The van der Waals surface area contributed by atoms with Gasteiger partial charge in [-0.2, -0.15) is 0 Å². The molecule has 1 aromatic rings. The fourth-order valence-corrected chi connectivity index (χ4v) is 4.15. The van der Waals surface area contributed by atoms with E-state index in [-0.39, 0.29) is 6.10 Å². The van der Waals surface area contributed by atoms with E-state index in [9.17, 15) is 5.11 Å². The van der Waals surface area contributed by atoms with Gasteiger partial charge in [0.2, 0.25) is 0 Å². The smallest absolute Gasteiger partial charge is 0.105 e. The standard InChI is InChI=1S/C25H46NO/c1-4-7-8-9-10-11-12-13-14-18-21-25(27)23-26(5-2,6-3)22-24-19-16-15-17-20-24/h15-17,19-20,25,27H,4-14,18,21-23H2,1-3H3/q+1. The maximum absolute atomic E-state index is 10.6. The van der Waals surface area contributed by atoms with Crippen LogP contribution in [-0.2, 0) is 6.54 Å². The third kappa shape index (κ3) is 10.9. The van der Waals surface area contributed by atoms with E-state index in [1.807, 2.05) is 0 Å². The Morgan fingerprint density at radius 1 is 0.741 bits per heavy atom. The molecule has 1 rings (SSSR count). The zero-order chi connectivity index (χ0) is 19.8. The Balaban J connectivity index is 2.20. The normalized spacial score (nSPS) is 13.0. The molecule has 0 radical (unpaired) electrons. The zero-order valence-corrected chi connectivity index (χ0v) is 18.5. The highest BCUT2D eigenvalue weighted by atomic mass is 16.3. The molecule has 0 saturated heterocycles. The Morgan fingerprint density at radius 3 is 1.78 bits per heavy atom. The van der Waals surface area contributed by atoms with E-state index in [0.717, 1.165) is 37.1 Å². The van der Waals surface area contributed by atoms with E-state index in [0.29, 0.717) is 0 Å². The first-order valence-corrected chi connectivity index (χ1v) is 11.7. The van der Waals surface area contributed by atoms with E-state index >= 15 is 0 Å². The van der Waals surface area contributed by atoms with Crippen molar-refractivity contribution in [1.82, 2.24) is 0 Å². The Hall–Kier alpha value is -0.860. The van der Waals surface area contributed by atoms with E-state index < -0.39 is 0 Å². The predicted octanol–water partition coefficient (Wildman–Crippen LogP) is 6.72. The second-order valence-electron chi connectivity index (χ2n) is 8.42. The molecule has 0 fully saturated rings. The molecule has 27 heavy (non-hydrogen) atoms. The van der Waals surface area contributed by atoms with Crippen molar-refractivity contribution in [2.24, 2.45) is 0 Å². The molecule has 0 amide bonds. The summed E-state index contributed by atoms with van der Waals surface area (Å²) in [6.07, 6.45) is 14.4. The van der Waals surface area contributed by atoms with Gasteiger partial charge in [-0.1, -0.05) is 101 Å². The van der Waals surface area contributed by atoms with Crippen LogP contribution in [0.15, 0.2) is 30.3 Å². The van der Waals surface area contributed by atoms with Crippen LogP contribution in [0.25, 0.3) is 0 Å². The van der Waals surface area contributed by atoms with Crippen molar-refractivity contribution in [1.29, 1.82) is 0 Å². The summed E-state index contributed by atoms with van der Waals surface area (Å²) in [6, 6.07) is 10.8. The molecule has 0 saturated carbocycles. The molecule has 0 spiro atoms. The maximum Gasteiger partial charge on any atom is 0.105 e. The van der Waals surface area contributed by atoms with Crippen LogP contribution < -0.4 is 0 Å². The first-order chi connectivity index (χ1) is 13.2. The summed E-state index contributed by atoms with van der Waals surface area (Å²) >= 11 is 0. The molecular formula is C25H46NO+. The molecule has 1 aromatic carbocycles. The van der Waals surface area contributed by atoms with Crippen molar-refractivity contribution in [3.8, 4) is 0 Å². The lowest BCUT2D eigenvalue weighted by atomic mass is 10.0. The number of hydrogen-bond acceptors (Lipinski definition) is 1. The number of rotatable bonds is 17. The highest BCUT2D eigenvalue weighted by Gasteiger charge is 2.27. The first kappa shape index (κ1) is 24.2. The lowest BCUT2D eigenvalue weighted by Crippen LogP contribution is -2.51. The lowest BCUT2D eigenvalue weighted by Gasteiger charge is -2.38. The summed E-state index contributed by atoms with van der Waals surface area (Å²) in [5.74, 6) is 0. The lowest BCUT2D eigenvalue weighted by molar-refractivity contribution is -0.940. The van der Waals surface area contributed by atoms with Crippen molar-refractivity contribution in [3.05, 3.63) is 35.9 Å². The van der Waals surface area contributed by atoms with Gasteiger partial charge in [0, 0.05) is 5.56 Å². The number of likely N-dealkylation sites (N-methyl/N-ethyl adjacent to an activating group) is 1. The van der Waals surface area contributed by atoms with E-state index in [1.54, 1.807) is 0 Å². The molecule has 1 unspecified atom stereocenters. The predicted molar refractivity (Wildman–Crippen MR) is 119 cm³/mol. The molecule has 0 bridgehead atoms. The number of aliphatic hydroxyl groups is 1. The molecule has 2 heteroatoms. The number of benzene rings is 1. The summed E-state index contributed by atoms with van der Waals surface area (Å²) in [4.78, 5) is 0. The monoisotopic (exact) mass is 376 g/mol. The summed E-state index contributed by atoms with van der Waals surface area (Å²) < 4.78 is 0.989. The maximum atomic E-state index is 10.6. The van der Waals surface area contributed by atoms with Gasteiger partial charge in [0.1, 0.15) is 19.2 Å². The third-order valence-electron chi connectivity index (χ3n) is 6.19. The van der Waals surface area contributed by atoms with Gasteiger partial charge in [-0.15, -0.1) is 0 Å². The van der Waals surface area contributed by atoms with Gasteiger partial charge in [0.15, 0.2) is 0 Å².